The van der Waals surface area contributed by atoms with Crippen LogP contribution >= 0.6 is 0 Å². The van der Waals surface area contributed by atoms with Crippen LogP contribution in [0.1, 0.15) is 29.6 Å². The monoisotopic (exact) mass is 295 g/mol. The predicted molar refractivity (Wildman–Crippen MR) is 75.9 cm³/mol. The predicted octanol–water partition coefficient (Wildman–Crippen LogP) is 1.86. The van der Waals surface area contributed by atoms with Crippen LogP contribution in [0.2, 0.25) is 0 Å². The van der Waals surface area contributed by atoms with Gasteiger partial charge in [-0.15, -0.1) is 0 Å². The molecule has 0 spiro atoms. The lowest BCUT2D eigenvalue weighted by Gasteiger charge is -2.23. The third-order valence-electron chi connectivity index (χ3n) is 4.44. The van der Waals surface area contributed by atoms with Gasteiger partial charge in [0.15, 0.2) is 5.82 Å². The van der Waals surface area contributed by atoms with Crippen LogP contribution in [0.25, 0.3) is 0 Å². The molecule has 2 N–H and O–H groups in total. The zero-order valence-corrected chi connectivity index (χ0v) is 11.8. The van der Waals surface area contributed by atoms with Crippen LogP contribution in [0.4, 0.5) is 14.5 Å². The topological polar surface area (TPSA) is 49.6 Å². The summed E-state index contributed by atoms with van der Waals surface area (Å²) in [6.07, 6.45) is 3.23. The third-order valence-corrected chi connectivity index (χ3v) is 4.44. The lowest BCUT2D eigenvalue weighted by Crippen LogP contribution is -2.37. The summed E-state index contributed by atoms with van der Waals surface area (Å²) in [6, 6.07) is 2.49. The average Bonchev–Trinajstić information content (AvgIpc) is 3.13. The summed E-state index contributed by atoms with van der Waals surface area (Å²) in [5.74, 6) is -2.40. The van der Waals surface area contributed by atoms with Crippen molar-refractivity contribution in [2.45, 2.75) is 25.3 Å². The summed E-state index contributed by atoms with van der Waals surface area (Å²) < 4.78 is 27.7. The molecule has 0 saturated carbocycles. The SMILES string of the molecule is Nc1ccc(F)c(C(=O)N2CCC(N3CCCC3)C2)c1F. The first-order valence-electron chi connectivity index (χ1n) is 7.34. The van der Waals surface area contributed by atoms with E-state index < -0.39 is 23.1 Å². The van der Waals surface area contributed by atoms with E-state index in [0.717, 1.165) is 31.6 Å². The van der Waals surface area contributed by atoms with Crippen LogP contribution in [-0.4, -0.2) is 47.9 Å². The molecule has 1 aromatic carbocycles. The number of likely N-dealkylation sites (tertiary alicyclic amines) is 2. The van der Waals surface area contributed by atoms with E-state index in [1.165, 1.54) is 17.7 Å². The maximum absolute atomic E-state index is 13.9. The van der Waals surface area contributed by atoms with Crippen molar-refractivity contribution in [3.63, 3.8) is 0 Å². The molecule has 2 aliphatic rings. The second-order valence-electron chi connectivity index (χ2n) is 5.76. The quantitative estimate of drug-likeness (QED) is 0.847. The van der Waals surface area contributed by atoms with Crippen LogP contribution < -0.4 is 5.73 Å². The van der Waals surface area contributed by atoms with Gasteiger partial charge in [-0.1, -0.05) is 0 Å². The van der Waals surface area contributed by atoms with Crippen molar-refractivity contribution in [3.8, 4) is 0 Å². The fourth-order valence-corrected chi connectivity index (χ4v) is 3.25. The lowest BCUT2D eigenvalue weighted by atomic mass is 10.1. The van der Waals surface area contributed by atoms with Gasteiger partial charge in [-0.2, -0.15) is 0 Å². The highest BCUT2D eigenvalue weighted by atomic mass is 19.1. The zero-order chi connectivity index (χ0) is 15.0. The van der Waals surface area contributed by atoms with Gasteiger partial charge < -0.3 is 10.6 Å². The Morgan fingerprint density at radius 2 is 1.90 bits per heavy atom. The van der Waals surface area contributed by atoms with Crippen LogP contribution in [0.15, 0.2) is 12.1 Å². The third kappa shape index (κ3) is 2.60. The highest BCUT2D eigenvalue weighted by molar-refractivity contribution is 5.96. The first-order valence-corrected chi connectivity index (χ1v) is 7.34. The molecule has 4 nitrogen and oxygen atoms in total. The lowest BCUT2D eigenvalue weighted by molar-refractivity contribution is 0.0770. The molecule has 2 fully saturated rings. The van der Waals surface area contributed by atoms with E-state index in [2.05, 4.69) is 4.90 Å². The van der Waals surface area contributed by atoms with Crippen molar-refractivity contribution >= 4 is 11.6 Å². The van der Waals surface area contributed by atoms with E-state index in [-0.39, 0.29) is 5.69 Å². The summed E-state index contributed by atoms with van der Waals surface area (Å²) >= 11 is 0. The zero-order valence-electron chi connectivity index (χ0n) is 11.8. The Bertz CT molecular complexity index is 558. The fourth-order valence-electron chi connectivity index (χ4n) is 3.25. The molecule has 2 saturated heterocycles. The molecule has 0 radical (unpaired) electrons. The Morgan fingerprint density at radius 1 is 1.19 bits per heavy atom. The van der Waals surface area contributed by atoms with E-state index in [9.17, 15) is 13.6 Å². The second kappa shape index (κ2) is 5.60. The van der Waals surface area contributed by atoms with Crippen LogP contribution in [0, 0.1) is 11.6 Å². The van der Waals surface area contributed by atoms with E-state index in [0.29, 0.717) is 19.1 Å². The van der Waals surface area contributed by atoms with Crippen LogP contribution in [0.5, 0.6) is 0 Å². The van der Waals surface area contributed by atoms with Gasteiger partial charge in [0.1, 0.15) is 11.4 Å². The molecule has 1 amide bonds. The van der Waals surface area contributed by atoms with E-state index in [1.807, 2.05) is 0 Å². The Hall–Kier alpha value is -1.69. The van der Waals surface area contributed by atoms with Crippen molar-refractivity contribution in [3.05, 3.63) is 29.3 Å². The van der Waals surface area contributed by atoms with Gasteiger partial charge in [0, 0.05) is 19.1 Å². The molecule has 0 aromatic heterocycles. The number of hydrogen-bond acceptors (Lipinski definition) is 3. The number of hydrogen-bond donors (Lipinski definition) is 1. The number of benzene rings is 1. The number of carbonyl (C=O) groups excluding carboxylic acids is 1. The van der Waals surface area contributed by atoms with Gasteiger partial charge in [0.2, 0.25) is 0 Å². The normalized spacial score (nSPS) is 23.0. The van der Waals surface area contributed by atoms with E-state index >= 15 is 0 Å². The van der Waals surface area contributed by atoms with Crippen molar-refractivity contribution in [2.24, 2.45) is 0 Å². The maximum atomic E-state index is 13.9. The molecule has 1 atom stereocenters. The van der Waals surface area contributed by atoms with Gasteiger partial charge in [-0.25, -0.2) is 8.78 Å². The van der Waals surface area contributed by atoms with Gasteiger partial charge in [-0.05, 0) is 44.5 Å². The Kier molecular flexibility index (Phi) is 3.80. The highest BCUT2D eigenvalue weighted by Crippen LogP contribution is 2.25. The summed E-state index contributed by atoms with van der Waals surface area (Å²) in [7, 11) is 0. The molecule has 0 bridgehead atoms. The average molecular weight is 295 g/mol. The largest absolute Gasteiger partial charge is 0.396 e. The Morgan fingerprint density at radius 3 is 2.62 bits per heavy atom. The van der Waals surface area contributed by atoms with Gasteiger partial charge >= 0.3 is 0 Å². The van der Waals surface area contributed by atoms with Gasteiger partial charge in [0.05, 0.1) is 5.69 Å². The molecule has 114 valence electrons. The Balaban J connectivity index is 1.76. The molecule has 1 unspecified atom stereocenters. The molecule has 2 aliphatic heterocycles. The summed E-state index contributed by atoms with van der Waals surface area (Å²) in [6.45, 7) is 3.17. The number of carbonyl (C=O) groups is 1. The minimum atomic E-state index is -0.954. The summed E-state index contributed by atoms with van der Waals surface area (Å²) in [5, 5.41) is 0. The molecular weight excluding hydrogens is 276 g/mol. The molecule has 1 aromatic rings. The van der Waals surface area contributed by atoms with Crippen LogP contribution in [0.3, 0.4) is 0 Å². The van der Waals surface area contributed by atoms with Crippen molar-refractivity contribution < 1.29 is 13.6 Å². The second-order valence-corrected chi connectivity index (χ2v) is 5.76. The van der Waals surface area contributed by atoms with Crippen molar-refractivity contribution in [2.75, 3.05) is 31.9 Å². The molecule has 6 heteroatoms. The van der Waals surface area contributed by atoms with Crippen LogP contribution in [-0.2, 0) is 0 Å². The molecular formula is C15H19F2N3O. The van der Waals surface area contributed by atoms with E-state index in [1.54, 1.807) is 0 Å². The maximum Gasteiger partial charge on any atom is 0.259 e. The minimum Gasteiger partial charge on any atom is -0.396 e. The number of nitrogens with zero attached hydrogens (tertiary/aromatic N) is 2. The van der Waals surface area contributed by atoms with Gasteiger partial charge in [0.25, 0.3) is 5.91 Å². The Labute approximate surface area is 122 Å². The number of nitrogen functional groups attached to an aromatic ring is 1. The van der Waals surface area contributed by atoms with Crippen molar-refractivity contribution in [1.29, 1.82) is 0 Å². The molecule has 2 heterocycles. The first kappa shape index (κ1) is 14.3. The molecule has 0 aliphatic carbocycles. The summed E-state index contributed by atoms with van der Waals surface area (Å²) in [5.41, 5.74) is 4.70. The standard InChI is InChI=1S/C15H19F2N3O/c16-11-3-4-12(18)14(17)13(11)15(21)20-8-5-10(9-20)19-6-1-2-7-19/h3-4,10H,1-2,5-9,18H2. The van der Waals surface area contributed by atoms with E-state index in [4.69, 9.17) is 5.73 Å². The number of nitrogens with two attached hydrogens (primary N) is 1. The van der Waals surface area contributed by atoms with Gasteiger partial charge in [-0.3, -0.25) is 9.69 Å². The first-order chi connectivity index (χ1) is 10.1. The van der Waals surface area contributed by atoms with Crippen molar-refractivity contribution in [1.82, 2.24) is 9.80 Å². The molecule has 21 heavy (non-hydrogen) atoms. The number of halogens is 2. The number of anilines is 1. The highest BCUT2D eigenvalue weighted by Gasteiger charge is 2.34. The fraction of sp³-hybridized carbons (Fsp3) is 0.533. The minimum absolute atomic E-state index is 0.199. The smallest absolute Gasteiger partial charge is 0.259 e. The molecule has 3 rings (SSSR count). The summed E-state index contributed by atoms with van der Waals surface area (Å²) in [4.78, 5) is 16.3. The number of amides is 1. The number of rotatable bonds is 2.